The fourth-order valence-electron chi connectivity index (χ4n) is 1.52. The Balaban J connectivity index is 2.04. The Labute approximate surface area is 120 Å². The van der Waals surface area contributed by atoms with Gasteiger partial charge in [-0.1, -0.05) is 29.3 Å². The first-order chi connectivity index (χ1) is 9.11. The van der Waals surface area contributed by atoms with Crippen LogP contribution in [-0.4, -0.2) is 13.1 Å². The predicted molar refractivity (Wildman–Crippen MR) is 73.8 cm³/mol. The van der Waals surface area contributed by atoms with Gasteiger partial charge < -0.3 is 14.5 Å². The molecule has 100 valence electrons. The number of rotatable bonds is 4. The van der Waals surface area contributed by atoms with Crippen molar-refractivity contribution in [2.45, 2.75) is 6.54 Å². The van der Waals surface area contributed by atoms with Gasteiger partial charge in [-0.25, -0.2) is 4.79 Å². The maximum atomic E-state index is 11.3. The molecule has 0 fully saturated rings. The number of benzene rings is 1. The van der Waals surface area contributed by atoms with E-state index >= 15 is 0 Å². The normalized spacial score (nSPS) is 10.3. The van der Waals surface area contributed by atoms with Crippen LogP contribution in [0.4, 0.5) is 5.69 Å². The van der Waals surface area contributed by atoms with Crippen molar-refractivity contribution in [3.8, 4) is 0 Å². The Morgan fingerprint density at radius 2 is 2.21 bits per heavy atom. The lowest BCUT2D eigenvalue weighted by Crippen LogP contribution is -2.00. The smallest absolute Gasteiger partial charge is 0.341 e. The van der Waals surface area contributed by atoms with Crippen LogP contribution in [0.1, 0.15) is 16.1 Å². The Morgan fingerprint density at radius 3 is 2.95 bits per heavy atom. The minimum atomic E-state index is -0.434. The summed E-state index contributed by atoms with van der Waals surface area (Å²) in [4.78, 5) is 11.3. The molecule has 0 radical (unpaired) electrons. The molecular weight excluding hydrogens is 289 g/mol. The van der Waals surface area contributed by atoms with Crippen LogP contribution in [0.2, 0.25) is 10.0 Å². The average Bonchev–Trinajstić information content (AvgIpc) is 2.88. The molecule has 1 heterocycles. The first-order valence-electron chi connectivity index (χ1n) is 5.45. The number of anilines is 1. The molecule has 1 aromatic carbocycles. The molecule has 0 amide bonds. The number of hydrogen-bond acceptors (Lipinski definition) is 4. The van der Waals surface area contributed by atoms with Gasteiger partial charge >= 0.3 is 5.97 Å². The highest BCUT2D eigenvalue weighted by atomic mass is 35.5. The Bertz CT molecular complexity index is 595. The SMILES string of the molecule is COC(=O)c1coc(CNc2cccc(Cl)c2Cl)c1. The molecule has 0 aliphatic carbocycles. The van der Waals surface area contributed by atoms with Gasteiger partial charge in [0.1, 0.15) is 12.0 Å². The summed E-state index contributed by atoms with van der Waals surface area (Å²) in [6.45, 7) is 0.386. The van der Waals surface area contributed by atoms with Crippen molar-refractivity contribution < 1.29 is 13.9 Å². The summed E-state index contributed by atoms with van der Waals surface area (Å²) in [5.74, 6) is 0.159. The van der Waals surface area contributed by atoms with Crippen LogP contribution in [0.25, 0.3) is 0 Å². The van der Waals surface area contributed by atoms with Crippen LogP contribution in [0.3, 0.4) is 0 Å². The highest BCUT2D eigenvalue weighted by Gasteiger charge is 2.10. The lowest BCUT2D eigenvalue weighted by Gasteiger charge is -2.07. The number of nitrogens with one attached hydrogen (secondary N) is 1. The van der Waals surface area contributed by atoms with E-state index in [0.717, 1.165) is 0 Å². The number of carbonyl (C=O) groups excluding carboxylic acids is 1. The number of esters is 1. The first kappa shape index (κ1) is 13.8. The van der Waals surface area contributed by atoms with Gasteiger partial charge in [0.15, 0.2) is 0 Å². The predicted octanol–water partition coefficient (Wildman–Crippen LogP) is 3.99. The van der Waals surface area contributed by atoms with Crippen molar-refractivity contribution in [1.29, 1.82) is 0 Å². The second-order valence-electron chi connectivity index (χ2n) is 3.75. The Hall–Kier alpha value is -1.65. The molecule has 0 saturated carbocycles. The lowest BCUT2D eigenvalue weighted by molar-refractivity contribution is 0.0600. The van der Waals surface area contributed by atoms with Gasteiger partial charge in [-0.05, 0) is 18.2 Å². The minimum absolute atomic E-state index is 0.372. The Kier molecular flexibility index (Phi) is 4.35. The molecule has 0 atom stereocenters. The third-order valence-corrected chi connectivity index (χ3v) is 3.30. The van der Waals surface area contributed by atoms with Crippen molar-refractivity contribution >= 4 is 34.9 Å². The minimum Gasteiger partial charge on any atom is -0.467 e. The van der Waals surface area contributed by atoms with Crippen molar-refractivity contribution in [2.24, 2.45) is 0 Å². The van der Waals surface area contributed by atoms with E-state index in [-0.39, 0.29) is 0 Å². The van der Waals surface area contributed by atoms with Gasteiger partial charge in [0.25, 0.3) is 0 Å². The van der Waals surface area contributed by atoms with Crippen LogP contribution in [0, 0.1) is 0 Å². The average molecular weight is 300 g/mol. The van der Waals surface area contributed by atoms with Gasteiger partial charge in [0.2, 0.25) is 0 Å². The molecule has 0 bridgehead atoms. The summed E-state index contributed by atoms with van der Waals surface area (Å²) in [6.07, 6.45) is 1.35. The highest BCUT2D eigenvalue weighted by Crippen LogP contribution is 2.29. The Morgan fingerprint density at radius 1 is 1.42 bits per heavy atom. The van der Waals surface area contributed by atoms with E-state index in [2.05, 4.69) is 10.1 Å². The van der Waals surface area contributed by atoms with Crippen molar-refractivity contribution in [1.82, 2.24) is 0 Å². The van der Waals surface area contributed by atoms with Crippen molar-refractivity contribution in [3.63, 3.8) is 0 Å². The lowest BCUT2D eigenvalue weighted by atomic mass is 10.3. The van der Waals surface area contributed by atoms with E-state index < -0.39 is 5.97 Å². The van der Waals surface area contributed by atoms with Crippen molar-refractivity contribution in [2.75, 3.05) is 12.4 Å². The van der Waals surface area contributed by atoms with E-state index in [1.54, 1.807) is 24.3 Å². The second-order valence-corrected chi connectivity index (χ2v) is 4.53. The largest absolute Gasteiger partial charge is 0.467 e. The number of carbonyl (C=O) groups is 1. The van der Waals surface area contributed by atoms with Gasteiger partial charge in [-0.3, -0.25) is 0 Å². The molecular formula is C13H11Cl2NO3. The quantitative estimate of drug-likeness (QED) is 0.868. The van der Waals surface area contributed by atoms with E-state index in [1.807, 2.05) is 0 Å². The fraction of sp³-hybridized carbons (Fsp3) is 0.154. The van der Waals surface area contributed by atoms with Gasteiger partial charge in [-0.15, -0.1) is 0 Å². The summed E-state index contributed by atoms with van der Waals surface area (Å²) in [6, 6.07) is 6.91. The molecule has 2 aromatic rings. The zero-order chi connectivity index (χ0) is 13.8. The zero-order valence-electron chi connectivity index (χ0n) is 10.1. The van der Waals surface area contributed by atoms with E-state index in [9.17, 15) is 4.79 Å². The fourth-order valence-corrected chi connectivity index (χ4v) is 1.89. The standard InChI is InChI=1S/C13H11Cl2NO3/c1-18-13(17)8-5-9(19-7-8)6-16-11-4-2-3-10(14)12(11)15/h2-5,7,16H,6H2,1H3. The van der Waals surface area contributed by atoms with E-state index in [4.69, 9.17) is 27.6 Å². The van der Waals surface area contributed by atoms with Crippen LogP contribution < -0.4 is 5.32 Å². The summed E-state index contributed by atoms with van der Waals surface area (Å²) in [5.41, 5.74) is 1.07. The van der Waals surface area contributed by atoms with Gasteiger partial charge in [0, 0.05) is 0 Å². The molecule has 0 spiro atoms. The number of methoxy groups -OCH3 is 1. The topological polar surface area (TPSA) is 51.5 Å². The molecule has 4 nitrogen and oxygen atoms in total. The molecule has 1 N–H and O–H groups in total. The molecule has 0 unspecified atom stereocenters. The summed E-state index contributed by atoms with van der Waals surface area (Å²) < 4.78 is 9.83. The van der Waals surface area contributed by atoms with Crippen LogP contribution in [0.15, 0.2) is 34.9 Å². The summed E-state index contributed by atoms with van der Waals surface area (Å²) >= 11 is 11.9. The number of ether oxygens (including phenoxy) is 1. The molecule has 0 saturated heterocycles. The molecule has 0 aliphatic rings. The molecule has 19 heavy (non-hydrogen) atoms. The first-order valence-corrected chi connectivity index (χ1v) is 6.21. The van der Waals surface area contributed by atoms with E-state index in [1.165, 1.54) is 13.4 Å². The summed E-state index contributed by atoms with van der Waals surface area (Å²) in [5, 5.41) is 4.00. The monoisotopic (exact) mass is 299 g/mol. The maximum absolute atomic E-state index is 11.3. The molecule has 2 rings (SSSR count). The maximum Gasteiger partial charge on any atom is 0.341 e. The van der Waals surface area contributed by atoms with E-state index in [0.29, 0.717) is 33.6 Å². The van der Waals surface area contributed by atoms with Gasteiger partial charge in [-0.2, -0.15) is 0 Å². The van der Waals surface area contributed by atoms with Crippen LogP contribution >= 0.6 is 23.2 Å². The number of hydrogen-bond donors (Lipinski definition) is 1. The van der Waals surface area contributed by atoms with Crippen molar-refractivity contribution in [3.05, 3.63) is 51.9 Å². The highest BCUT2D eigenvalue weighted by molar-refractivity contribution is 6.43. The second kappa shape index (κ2) is 5.99. The molecule has 1 aromatic heterocycles. The number of furan rings is 1. The molecule has 0 aliphatic heterocycles. The third-order valence-electron chi connectivity index (χ3n) is 2.48. The van der Waals surface area contributed by atoms with Crippen LogP contribution in [0.5, 0.6) is 0 Å². The third kappa shape index (κ3) is 3.22. The van der Waals surface area contributed by atoms with Crippen LogP contribution in [-0.2, 0) is 11.3 Å². The number of halogens is 2. The zero-order valence-corrected chi connectivity index (χ0v) is 11.6. The van der Waals surface area contributed by atoms with Gasteiger partial charge in [0.05, 0.1) is 35.0 Å². The summed E-state index contributed by atoms with van der Waals surface area (Å²) in [7, 11) is 1.32. The molecule has 6 heteroatoms.